The van der Waals surface area contributed by atoms with Crippen molar-refractivity contribution in [2.45, 2.75) is 19.3 Å². The smallest absolute Gasteiger partial charge is 0.198 e. The van der Waals surface area contributed by atoms with Crippen LogP contribution in [0, 0.1) is 5.82 Å². The van der Waals surface area contributed by atoms with E-state index in [2.05, 4.69) is 4.98 Å². The van der Waals surface area contributed by atoms with Crippen LogP contribution in [0.3, 0.4) is 0 Å². The SMILES string of the molecule is CC(CN)c1cnc(Cc2ccccc2F)o1. The number of aromatic nitrogens is 1. The van der Waals surface area contributed by atoms with E-state index in [-0.39, 0.29) is 11.7 Å². The summed E-state index contributed by atoms with van der Waals surface area (Å²) in [6, 6.07) is 6.62. The van der Waals surface area contributed by atoms with E-state index >= 15 is 0 Å². The molecule has 0 aliphatic rings. The molecule has 0 aliphatic carbocycles. The Morgan fingerprint density at radius 3 is 2.88 bits per heavy atom. The standard InChI is InChI=1S/C13H15FN2O/c1-9(7-15)12-8-16-13(17-12)6-10-4-2-3-5-11(10)14/h2-5,8-9H,6-7,15H2,1H3. The summed E-state index contributed by atoms with van der Waals surface area (Å²) in [6.45, 7) is 2.47. The largest absolute Gasteiger partial charge is 0.445 e. The van der Waals surface area contributed by atoms with Gasteiger partial charge in [-0.25, -0.2) is 9.37 Å². The summed E-state index contributed by atoms with van der Waals surface area (Å²) in [6.07, 6.45) is 2.03. The van der Waals surface area contributed by atoms with Gasteiger partial charge in [-0.1, -0.05) is 25.1 Å². The molecule has 4 heteroatoms. The van der Waals surface area contributed by atoms with Gasteiger partial charge in [-0.15, -0.1) is 0 Å². The van der Waals surface area contributed by atoms with E-state index in [0.717, 1.165) is 5.76 Å². The molecule has 1 aromatic heterocycles. The first-order valence-electron chi connectivity index (χ1n) is 5.58. The maximum atomic E-state index is 13.4. The fourth-order valence-electron chi connectivity index (χ4n) is 1.55. The first-order valence-corrected chi connectivity index (χ1v) is 5.58. The second kappa shape index (κ2) is 5.10. The quantitative estimate of drug-likeness (QED) is 0.884. The number of rotatable bonds is 4. The molecular formula is C13H15FN2O. The molecule has 0 spiro atoms. The van der Waals surface area contributed by atoms with E-state index in [1.807, 2.05) is 6.92 Å². The highest BCUT2D eigenvalue weighted by atomic mass is 19.1. The van der Waals surface area contributed by atoms with Gasteiger partial charge in [-0.2, -0.15) is 0 Å². The van der Waals surface area contributed by atoms with Gasteiger partial charge in [-0.3, -0.25) is 0 Å². The summed E-state index contributed by atoms with van der Waals surface area (Å²) in [5.74, 6) is 1.17. The second-order valence-electron chi connectivity index (χ2n) is 4.06. The Kier molecular flexibility index (Phi) is 3.54. The van der Waals surface area contributed by atoms with Crippen LogP contribution in [0.2, 0.25) is 0 Å². The average Bonchev–Trinajstić information content (AvgIpc) is 2.80. The van der Waals surface area contributed by atoms with Crippen molar-refractivity contribution in [3.8, 4) is 0 Å². The van der Waals surface area contributed by atoms with Gasteiger partial charge in [0.05, 0.1) is 12.6 Å². The zero-order valence-electron chi connectivity index (χ0n) is 9.69. The van der Waals surface area contributed by atoms with Crippen molar-refractivity contribution in [2.75, 3.05) is 6.54 Å². The number of nitrogens with zero attached hydrogens (tertiary/aromatic N) is 1. The summed E-state index contributed by atoms with van der Waals surface area (Å²) < 4.78 is 19.0. The Labute approximate surface area is 99.5 Å². The fourth-order valence-corrected chi connectivity index (χ4v) is 1.55. The summed E-state index contributed by atoms with van der Waals surface area (Å²) in [7, 11) is 0. The molecule has 0 radical (unpaired) electrons. The minimum Gasteiger partial charge on any atom is -0.445 e. The maximum absolute atomic E-state index is 13.4. The van der Waals surface area contributed by atoms with Crippen LogP contribution in [0.5, 0.6) is 0 Å². The number of hydrogen-bond acceptors (Lipinski definition) is 3. The van der Waals surface area contributed by atoms with Crippen LogP contribution in [0.4, 0.5) is 4.39 Å². The highest BCUT2D eigenvalue weighted by Crippen LogP contribution is 2.18. The number of hydrogen-bond donors (Lipinski definition) is 1. The first-order chi connectivity index (χ1) is 8.20. The van der Waals surface area contributed by atoms with Gasteiger partial charge in [-0.05, 0) is 11.6 Å². The highest BCUT2D eigenvalue weighted by molar-refractivity contribution is 5.20. The third kappa shape index (κ3) is 2.71. The van der Waals surface area contributed by atoms with Crippen LogP contribution in [0.1, 0.15) is 30.1 Å². The van der Waals surface area contributed by atoms with Gasteiger partial charge in [0.15, 0.2) is 5.89 Å². The van der Waals surface area contributed by atoms with Crippen molar-refractivity contribution < 1.29 is 8.81 Å². The van der Waals surface area contributed by atoms with Gasteiger partial charge in [0.2, 0.25) is 0 Å². The van der Waals surface area contributed by atoms with E-state index in [0.29, 0.717) is 24.4 Å². The predicted octanol–water partition coefficient (Wildman–Crippen LogP) is 2.47. The Hall–Kier alpha value is -1.68. The zero-order valence-corrected chi connectivity index (χ0v) is 9.69. The third-order valence-corrected chi connectivity index (χ3v) is 2.71. The van der Waals surface area contributed by atoms with E-state index in [1.165, 1.54) is 6.07 Å². The molecule has 0 bridgehead atoms. The molecule has 17 heavy (non-hydrogen) atoms. The molecule has 90 valence electrons. The molecule has 1 heterocycles. The monoisotopic (exact) mass is 234 g/mol. The molecule has 0 saturated heterocycles. The third-order valence-electron chi connectivity index (χ3n) is 2.71. The van der Waals surface area contributed by atoms with Gasteiger partial charge >= 0.3 is 0 Å². The molecule has 2 rings (SSSR count). The summed E-state index contributed by atoms with van der Waals surface area (Å²) in [5, 5.41) is 0. The van der Waals surface area contributed by atoms with Crippen molar-refractivity contribution in [1.29, 1.82) is 0 Å². The molecule has 0 amide bonds. The van der Waals surface area contributed by atoms with Crippen molar-refractivity contribution >= 4 is 0 Å². The lowest BCUT2D eigenvalue weighted by Crippen LogP contribution is -2.07. The number of benzene rings is 1. The molecule has 1 aromatic carbocycles. The van der Waals surface area contributed by atoms with E-state index in [9.17, 15) is 4.39 Å². The maximum Gasteiger partial charge on any atom is 0.198 e. The Morgan fingerprint density at radius 2 is 2.18 bits per heavy atom. The first kappa shape index (κ1) is 11.8. The Bertz CT molecular complexity index is 496. The number of oxazole rings is 1. The molecule has 3 nitrogen and oxygen atoms in total. The molecule has 2 N–H and O–H groups in total. The van der Waals surface area contributed by atoms with Crippen LogP contribution in [0.25, 0.3) is 0 Å². The lowest BCUT2D eigenvalue weighted by Gasteiger charge is -2.02. The Balaban J connectivity index is 2.14. The molecule has 1 unspecified atom stereocenters. The van der Waals surface area contributed by atoms with E-state index in [1.54, 1.807) is 24.4 Å². The minimum absolute atomic E-state index is 0.136. The second-order valence-corrected chi connectivity index (χ2v) is 4.06. The highest BCUT2D eigenvalue weighted by Gasteiger charge is 2.11. The lowest BCUT2D eigenvalue weighted by molar-refractivity contribution is 0.438. The fraction of sp³-hybridized carbons (Fsp3) is 0.308. The number of halogens is 1. The van der Waals surface area contributed by atoms with Gasteiger partial charge in [0.1, 0.15) is 11.6 Å². The molecule has 2 aromatic rings. The van der Waals surface area contributed by atoms with Crippen LogP contribution in [-0.2, 0) is 6.42 Å². The summed E-state index contributed by atoms with van der Waals surface area (Å²) in [4.78, 5) is 4.13. The van der Waals surface area contributed by atoms with Crippen LogP contribution >= 0.6 is 0 Å². The average molecular weight is 234 g/mol. The van der Waals surface area contributed by atoms with Crippen molar-refractivity contribution in [3.05, 3.63) is 53.5 Å². The molecule has 1 atom stereocenters. The topological polar surface area (TPSA) is 52.0 Å². The molecule has 0 fully saturated rings. The predicted molar refractivity (Wildman–Crippen MR) is 63.2 cm³/mol. The van der Waals surface area contributed by atoms with Crippen molar-refractivity contribution in [1.82, 2.24) is 4.98 Å². The Morgan fingerprint density at radius 1 is 1.41 bits per heavy atom. The van der Waals surface area contributed by atoms with Crippen molar-refractivity contribution in [2.24, 2.45) is 5.73 Å². The molecule has 0 saturated carbocycles. The minimum atomic E-state index is -0.237. The van der Waals surface area contributed by atoms with Crippen LogP contribution < -0.4 is 5.73 Å². The van der Waals surface area contributed by atoms with E-state index in [4.69, 9.17) is 10.2 Å². The normalized spacial score (nSPS) is 12.6. The number of nitrogens with two attached hydrogens (primary N) is 1. The van der Waals surface area contributed by atoms with E-state index < -0.39 is 0 Å². The van der Waals surface area contributed by atoms with Crippen LogP contribution in [-0.4, -0.2) is 11.5 Å². The lowest BCUT2D eigenvalue weighted by atomic mass is 10.1. The van der Waals surface area contributed by atoms with Crippen molar-refractivity contribution in [3.63, 3.8) is 0 Å². The van der Waals surface area contributed by atoms with Gasteiger partial charge in [0, 0.05) is 12.5 Å². The molecule has 0 aliphatic heterocycles. The molecular weight excluding hydrogens is 219 g/mol. The van der Waals surface area contributed by atoms with Gasteiger partial charge in [0.25, 0.3) is 0 Å². The zero-order chi connectivity index (χ0) is 12.3. The van der Waals surface area contributed by atoms with Gasteiger partial charge < -0.3 is 10.2 Å². The van der Waals surface area contributed by atoms with Crippen LogP contribution in [0.15, 0.2) is 34.9 Å². The summed E-state index contributed by atoms with van der Waals surface area (Å²) in [5.41, 5.74) is 6.13. The summed E-state index contributed by atoms with van der Waals surface area (Å²) >= 11 is 0.